The van der Waals surface area contributed by atoms with Crippen LogP contribution in [0.5, 0.6) is 0 Å². The van der Waals surface area contributed by atoms with Gasteiger partial charge in [-0.1, -0.05) is 0 Å². The second-order valence-corrected chi connectivity index (χ2v) is 8.46. The second kappa shape index (κ2) is 7.84. The average molecular weight is 424 g/mol. The SMILES string of the molecule is Cc1cn2cc(NC(=O)c3cnc(N4CC(CN5CC[C@@H](F)C5)C4)cn3)nc(C)c2n1. The van der Waals surface area contributed by atoms with Crippen molar-refractivity contribution in [3.05, 3.63) is 41.9 Å². The predicted molar refractivity (Wildman–Crippen MR) is 114 cm³/mol. The van der Waals surface area contributed by atoms with E-state index in [2.05, 4.69) is 35.1 Å². The van der Waals surface area contributed by atoms with Crippen molar-refractivity contribution in [2.45, 2.75) is 26.4 Å². The Morgan fingerprint density at radius 2 is 2.00 bits per heavy atom. The third kappa shape index (κ3) is 4.07. The molecule has 0 radical (unpaired) electrons. The van der Waals surface area contributed by atoms with Gasteiger partial charge in [0, 0.05) is 44.8 Å². The Labute approximate surface area is 179 Å². The number of fused-ring (bicyclic) bond motifs is 1. The van der Waals surface area contributed by atoms with E-state index in [-0.39, 0.29) is 11.6 Å². The lowest BCUT2D eigenvalue weighted by Crippen LogP contribution is -2.51. The number of aromatic nitrogens is 5. The first-order valence-electron chi connectivity index (χ1n) is 10.5. The summed E-state index contributed by atoms with van der Waals surface area (Å²) in [5.41, 5.74) is 2.61. The van der Waals surface area contributed by atoms with Gasteiger partial charge in [-0.25, -0.2) is 24.3 Å². The Hall–Kier alpha value is -3.14. The average Bonchev–Trinajstić information content (AvgIpc) is 3.29. The number of hydrogen-bond acceptors (Lipinski definition) is 7. The predicted octanol–water partition coefficient (Wildman–Crippen LogP) is 1.87. The number of carbonyl (C=O) groups is 1. The van der Waals surface area contributed by atoms with Gasteiger partial charge >= 0.3 is 0 Å². The number of halogens is 1. The van der Waals surface area contributed by atoms with Crippen LogP contribution in [0.1, 0.15) is 28.3 Å². The van der Waals surface area contributed by atoms with Crippen LogP contribution in [0.2, 0.25) is 0 Å². The molecular formula is C21H25FN8O. The van der Waals surface area contributed by atoms with E-state index in [1.807, 2.05) is 24.4 Å². The Balaban J connectivity index is 1.18. The van der Waals surface area contributed by atoms with Crippen LogP contribution in [0.15, 0.2) is 24.8 Å². The quantitative estimate of drug-likeness (QED) is 0.669. The van der Waals surface area contributed by atoms with Crippen LogP contribution >= 0.6 is 0 Å². The Morgan fingerprint density at radius 3 is 2.71 bits per heavy atom. The topological polar surface area (TPSA) is 91.6 Å². The molecular weight excluding hydrogens is 399 g/mol. The van der Waals surface area contributed by atoms with Crippen LogP contribution < -0.4 is 10.2 Å². The van der Waals surface area contributed by atoms with Crippen molar-refractivity contribution in [3.63, 3.8) is 0 Å². The molecule has 2 saturated heterocycles. The van der Waals surface area contributed by atoms with Crippen molar-refractivity contribution in [3.8, 4) is 0 Å². The van der Waals surface area contributed by atoms with Crippen molar-refractivity contribution in [2.24, 2.45) is 5.92 Å². The van der Waals surface area contributed by atoms with Crippen LogP contribution in [0, 0.1) is 19.8 Å². The fourth-order valence-corrected chi connectivity index (χ4v) is 4.30. The number of nitrogens with one attached hydrogen (secondary N) is 1. The summed E-state index contributed by atoms with van der Waals surface area (Å²) in [5.74, 6) is 1.34. The number of anilines is 2. The van der Waals surface area contributed by atoms with E-state index in [0.29, 0.717) is 24.7 Å². The largest absolute Gasteiger partial charge is 0.355 e. The summed E-state index contributed by atoms with van der Waals surface area (Å²) < 4.78 is 15.2. The number of alkyl halides is 1. The number of carbonyl (C=O) groups excluding carboxylic acids is 1. The van der Waals surface area contributed by atoms with E-state index in [9.17, 15) is 9.18 Å². The summed E-state index contributed by atoms with van der Waals surface area (Å²) in [7, 11) is 0. The summed E-state index contributed by atoms with van der Waals surface area (Å²) in [5, 5.41) is 2.78. The zero-order valence-electron chi connectivity index (χ0n) is 17.6. The molecule has 5 rings (SSSR count). The molecule has 0 unspecified atom stereocenters. The number of imidazole rings is 1. The van der Waals surface area contributed by atoms with Gasteiger partial charge in [0.15, 0.2) is 5.65 Å². The molecule has 2 fully saturated rings. The zero-order valence-corrected chi connectivity index (χ0v) is 17.6. The van der Waals surface area contributed by atoms with Crippen LogP contribution in [0.3, 0.4) is 0 Å². The van der Waals surface area contributed by atoms with Crippen LogP contribution in [-0.2, 0) is 0 Å². The van der Waals surface area contributed by atoms with Gasteiger partial charge in [-0.3, -0.25) is 9.69 Å². The summed E-state index contributed by atoms with van der Waals surface area (Å²) in [6.07, 6.45) is 6.70. The van der Waals surface area contributed by atoms with Gasteiger partial charge in [0.2, 0.25) is 0 Å². The molecule has 1 amide bonds. The molecule has 162 valence electrons. The number of rotatable bonds is 5. The van der Waals surface area contributed by atoms with Crippen molar-refractivity contribution in [1.82, 2.24) is 29.2 Å². The maximum absolute atomic E-state index is 13.3. The minimum Gasteiger partial charge on any atom is -0.355 e. The highest BCUT2D eigenvalue weighted by Gasteiger charge is 2.32. The summed E-state index contributed by atoms with van der Waals surface area (Å²) >= 11 is 0. The smallest absolute Gasteiger partial charge is 0.277 e. The van der Waals surface area contributed by atoms with E-state index in [4.69, 9.17) is 0 Å². The van der Waals surface area contributed by atoms with Crippen LogP contribution in [0.4, 0.5) is 16.0 Å². The molecule has 0 aliphatic carbocycles. The number of amides is 1. The molecule has 10 heteroatoms. The summed E-state index contributed by atoms with van der Waals surface area (Å²) in [4.78, 5) is 34.4. The lowest BCUT2D eigenvalue weighted by molar-refractivity contribution is 0.102. The van der Waals surface area contributed by atoms with Gasteiger partial charge in [-0.05, 0) is 20.3 Å². The minimum atomic E-state index is -0.675. The maximum Gasteiger partial charge on any atom is 0.277 e. The summed E-state index contributed by atoms with van der Waals surface area (Å²) in [6.45, 7) is 7.85. The number of likely N-dealkylation sites (tertiary alicyclic amines) is 1. The van der Waals surface area contributed by atoms with Gasteiger partial charge in [0.05, 0.1) is 30.0 Å². The zero-order chi connectivity index (χ0) is 21.5. The lowest BCUT2D eigenvalue weighted by atomic mass is 10.00. The van der Waals surface area contributed by atoms with Crippen molar-refractivity contribution in [1.29, 1.82) is 0 Å². The first-order valence-corrected chi connectivity index (χ1v) is 10.5. The number of aryl methyl sites for hydroxylation is 2. The Morgan fingerprint density at radius 1 is 1.16 bits per heavy atom. The van der Waals surface area contributed by atoms with Gasteiger partial charge < -0.3 is 14.6 Å². The fourth-order valence-electron chi connectivity index (χ4n) is 4.30. The van der Waals surface area contributed by atoms with E-state index < -0.39 is 6.17 Å². The third-order valence-electron chi connectivity index (χ3n) is 5.85. The molecule has 2 aliphatic rings. The monoisotopic (exact) mass is 424 g/mol. The highest BCUT2D eigenvalue weighted by Crippen LogP contribution is 2.24. The number of hydrogen-bond donors (Lipinski definition) is 1. The van der Waals surface area contributed by atoms with Gasteiger partial charge in [0.25, 0.3) is 5.91 Å². The number of nitrogens with zero attached hydrogens (tertiary/aromatic N) is 7. The molecule has 3 aromatic rings. The lowest BCUT2D eigenvalue weighted by Gasteiger charge is -2.41. The first-order chi connectivity index (χ1) is 14.9. The first kappa shape index (κ1) is 19.8. The van der Waals surface area contributed by atoms with Crippen molar-refractivity contribution < 1.29 is 9.18 Å². The van der Waals surface area contributed by atoms with Gasteiger partial charge in [0.1, 0.15) is 23.5 Å². The molecule has 9 nitrogen and oxygen atoms in total. The van der Waals surface area contributed by atoms with Crippen molar-refractivity contribution in [2.75, 3.05) is 42.9 Å². The molecule has 31 heavy (non-hydrogen) atoms. The molecule has 1 atom stereocenters. The summed E-state index contributed by atoms with van der Waals surface area (Å²) in [6, 6.07) is 0. The normalized spacial score (nSPS) is 19.7. The van der Waals surface area contributed by atoms with Crippen molar-refractivity contribution >= 4 is 23.2 Å². The van der Waals surface area contributed by atoms with Crippen LogP contribution in [-0.4, -0.2) is 74.0 Å². The van der Waals surface area contributed by atoms with Crippen LogP contribution in [0.25, 0.3) is 5.65 Å². The molecule has 3 aromatic heterocycles. The molecule has 5 heterocycles. The van der Waals surface area contributed by atoms with E-state index in [1.165, 1.54) is 6.20 Å². The Kier molecular flexibility index (Phi) is 5.01. The molecule has 0 bridgehead atoms. The highest BCUT2D eigenvalue weighted by molar-refractivity contribution is 6.02. The minimum absolute atomic E-state index is 0.230. The fraction of sp³-hybridized carbons (Fsp3) is 0.476. The Bertz CT molecular complexity index is 1110. The van der Waals surface area contributed by atoms with E-state index >= 15 is 0 Å². The van der Waals surface area contributed by atoms with Gasteiger partial charge in [-0.2, -0.15) is 0 Å². The van der Waals surface area contributed by atoms with E-state index in [1.54, 1.807) is 12.4 Å². The van der Waals surface area contributed by atoms with Gasteiger partial charge in [-0.15, -0.1) is 0 Å². The molecule has 0 saturated carbocycles. The molecule has 2 aliphatic heterocycles. The molecule has 1 N–H and O–H groups in total. The maximum atomic E-state index is 13.3. The highest BCUT2D eigenvalue weighted by atomic mass is 19.1. The van der Waals surface area contributed by atoms with E-state index in [0.717, 1.165) is 49.0 Å². The molecule has 0 aromatic carbocycles. The standard InChI is InChI=1S/C21H25FN8O/c1-13-7-30-12-18(26-14(2)20(30)25-13)27-21(31)17-5-24-19(6-23-17)29-9-15(10-29)8-28-4-3-16(22)11-28/h5-7,12,15-16H,3-4,8-11H2,1-2H3,(H,27,31)/t16-/m1/s1. The second-order valence-electron chi connectivity index (χ2n) is 8.46. The molecule has 0 spiro atoms. The third-order valence-corrected chi connectivity index (χ3v) is 5.85.